The third-order valence-corrected chi connectivity index (χ3v) is 5.12. The van der Waals surface area contributed by atoms with Crippen molar-refractivity contribution in [1.82, 2.24) is 10.3 Å². The maximum Gasteiger partial charge on any atom is 0.229 e. The summed E-state index contributed by atoms with van der Waals surface area (Å²) in [5.74, 6) is 1.35. The summed E-state index contributed by atoms with van der Waals surface area (Å²) in [6, 6.07) is 0. The minimum absolute atomic E-state index is 0. The third kappa shape index (κ3) is 4.94. The first-order valence-corrected chi connectivity index (χ1v) is 8.43. The topological polar surface area (TPSA) is 45.2 Å². The summed E-state index contributed by atoms with van der Waals surface area (Å²) < 4.78 is 0. The van der Waals surface area contributed by atoms with Gasteiger partial charge in [0.1, 0.15) is 0 Å². The van der Waals surface area contributed by atoms with Crippen LogP contribution in [0, 0.1) is 18.8 Å². The van der Waals surface area contributed by atoms with E-state index in [2.05, 4.69) is 17.2 Å². The molecule has 1 unspecified atom stereocenters. The Morgan fingerprint density at radius 2 is 2.19 bits per heavy atom. The first kappa shape index (κ1) is 18.4. The van der Waals surface area contributed by atoms with Crippen LogP contribution in [0.5, 0.6) is 0 Å². The molecular weight excluding hydrogens is 306 g/mol. The van der Waals surface area contributed by atoms with Crippen LogP contribution in [0.15, 0.2) is 5.38 Å². The quantitative estimate of drug-likeness (QED) is 0.900. The van der Waals surface area contributed by atoms with E-state index >= 15 is 0 Å². The van der Waals surface area contributed by atoms with Crippen LogP contribution in [-0.4, -0.2) is 30.5 Å². The lowest BCUT2D eigenvalue weighted by molar-refractivity contribution is -0.119. The molecule has 0 spiro atoms. The summed E-state index contributed by atoms with van der Waals surface area (Å²) in [6.45, 7) is 9.08. The zero-order valence-corrected chi connectivity index (χ0v) is 14.7. The van der Waals surface area contributed by atoms with Gasteiger partial charge in [-0.25, -0.2) is 4.98 Å². The molecule has 1 atom stereocenters. The second-order valence-electron chi connectivity index (χ2n) is 5.68. The highest BCUT2D eigenvalue weighted by molar-refractivity contribution is 7.14. The molecule has 1 fully saturated rings. The number of thiazole rings is 1. The van der Waals surface area contributed by atoms with E-state index in [1.165, 1.54) is 12.8 Å². The number of hydrogen-bond donors (Lipinski definition) is 1. The molecule has 4 nitrogen and oxygen atoms in total. The number of rotatable bonds is 5. The lowest BCUT2D eigenvalue weighted by Gasteiger charge is -2.29. The van der Waals surface area contributed by atoms with E-state index in [4.69, 9.17) is 0 Å². The van der Waals surface area contributed by atoms with E-state index < -0.39 is 0 Å². The molecule has 1 aliphatic rings. The van der Waals surface area contributed by atoms with Gasteiger partial charge in [-0.2, -0.15) is 0 Å². The van der Waals surface area contributed by atoms with Gasteiger partial charge in [-0.05, 0) is 51.6 Å². The zero-order chi connectivity index (χ0) is 14.5. The van der Waals surface area contributed by atoms with Crippen molar-refractivity contribution < 1.29 is 4.79 Å². The molecule has 1 aromatic heterocycles. The van der Waals surface area contributed by atoms with Gasteiger partial charge in [0.25, 0.3) is 0 Å². The summed E-state index contributed by atoms with van der Waals surface area (Å²) in [6.07, 6.45) is 3.02. The summed E-state index contributed by atoms with van der Waals surface area (Å²) in [4.78, 5) is 18.8. The van der Waals surface area contributed by atoms with E-state index in [1.807, 2.05) is 24.1 Å². The van der Waals surface area contributed by atoms with Gasteiger partial charge < -0.3 is 5.32 Å². The van der Waals surface area contributed by atoms with Crippen molar-refractivity contribution in [2.24, 2.45) is 11.8 Å². The van der Waals surface area contributed by atoms with Gasteiger partial charge in [0.05, 0.1) is 5.69 Å². The Bertz CT molecular complexity index is 446. The Morgan fingerprint density at radius 1 is 1.52 bits per heavy atom. The highest BCUT2D eigenvalue weighted by Crippen LogP contribution is 2.27. The predicted octanol–water partition coefficient (Wildman–Crippen LogP) is 3.25. The molecule has 2 heterocycles. The second-order valence-corrected chi connectivity index (χ2v) is 6.51. The van der Waals surface area contributed by atoms with Gasteiger partial charge >= 0.3 is 0 Å². The number of aryl methyl sites for hydroxylation is 1. The summed E-state index contributed by atoms with van der Waals surface area (Å²) in [5, 5.41) is 6.22. The van der Waals surface area contributed by atoms with Crippen LogP contribution in [0.1, 0.15) is 38.8 Å². The molecule has 1 amide bonds. The summed E-state index contributed by atoms with van der Waals surface area (Å²) in [5.41, 5.74) is 0.989. The Morgan fingerprint density at radius 3 is 2.71 bits per heavy atom. The number of amides is 1. The van der Waals surface area contributed by atoms with Crippen molar-refractivity contribution in [2.45, 2.75) is 40.0 Å². The maximum absolute atomic E-state index is 12.5. The molecule has 6 heteroatoms. The van der Waals surface area contributed by atoms with Gasteiger partial charge in [-0.1, -0.05) is 6.92 Å². The maximum atomic E-state index is 12.5. The SMILES string of the molecule is CCN(C(=O)CC(C)C1CCNCC1)c1nc(C)cs1.Cl. The number of piperidine rings is 1. The fourth-order valence-electron chi connectivity index (χ4n) is 2.85. The fraction of sp³-hybridized carbons (Fsp3) is 0.733. The Kier molecular flexibility index (Phi) is 7.63. The average molecular weight is 332 g/mol. The van der Waals surface area contributed by atoms with E-state index in [9.17, 15) is 4.79 Å². The van der Waals surface area contributed by atoms with Crippen molar-refractivity contribution >= 4 is 34.8 Å². The number of carbonyl (C=O) groups is 1. The van der Waals surface area contributed by atoms with Gasteiger partial charge in [0, 0.05) is 18.3 Å². The van der Waals surface area contributed by atoms with Crippen molar-refractivity contribution in [1.29, 1.82) is 0 Å². The molecule has 1 saturated heterocycles. The molecule has 0 bridgehead atoms. The molecule has 1 N–H and O–H groups in total. The van der Waals surface area contributed by atoms with Crippen molar-refractivity contribution in [3.8, 4) is 0 Å². The van der Waals surface area contributed by atoms with Crippen LogP contribution in [0.4, 0.5) is 5.13 Å². The Hall–Kier alpha value is -0.650. The van der Waals surface area contributed by atoms with Crippen LogP contribution in [0.3, 0.4) is 0 Å². The van der Waals surface area contributed by atoms with E-state index in [0.29, 0.717) is 24.8 Å². The van der Waals surface area contributed by atoms with Gasteiger partial charge in [0.15, 0.2) is 5.13 Å². The molecule has 1 aliphatic heterocycles. The van der Waals surface area contributed by atoms with Crippen LogP contribution in [-0.2, 0) is 4.79 Å². The van der Waals surface area contributed by atoms with E-state index in [-0.39, 0.29) is 18.3 Å². The molecule has 2 rings (SSSR count). The minimum atomic E-state index is 0. The molecule has 0 aliphatic carbocycles. The highest BCUT2D eigenvalue weighted by atomic mass is 35.5. The number of anilines is 1. The average Bonchev–Trinajstić information content (AvgIpc) is 2.87. The van der Waals surface area contributed by atoms with Crippen molar-refractivity contribution in [3.63, 3.8) is 0 Å². The van der Waals surface area contributed by atoms with Crippen molar-refractivity contribution in [3.05, 3.63) is 11.1 Å². The predicted molar refractivity (Wildman–Crippen MR) is 91.5 cm³/mol. The number of halogens is 1. The second kappa shape index (κ2) is 8.71. The fourth-order valence-corrected chi connectivity index (χ4v) is 3.73. The lowest BCUT2D eigenvalue weighted by atomic mass is 9.84. The monoisotopic (exact) mass is 331 g/mol. The largest absolute Gasteiger partial charge is 0.317 e. The molecule has 0 aromatic carbocycles. The van der Waals surface area contributed by atoms with Gasteiger partial charge in [0.2, 0.25) is 5.91 Å². The standard InChI is InChI=1S/C15H25N3OS.ClH/c1-4-18(15-17-12(3)10-20-15)14(19)9-11(2)13-5-7-16-8-6-13;/h10-11,13,16H,4-9H2,1-3H3;1H. The third-order valence-electron chi connectivity index (χ3n) is 4.14. The van der Waals surface area contributed by atoms with E-state index in [1.54, 1.807) is 11.3 Å². The molecular formula is C15H26ClN3OS. The smallest absolute Gasteiger partial charge is 0.229 e. The normalized spacial score (nSPS) is 17.1. The number of nitrogens with one attached hydrogen (secondary N) is 1. The summed E-state index contributed by atoms with van der Waals surface area (Å²) >= 11 is 1.56. The minimum Gasteiger partial charge on any atom is -0.317 e. The van der Waals surface area contributed by atoms with E-state index in [0.717, 1.165) is 23.9 Å². The zero-order valence-electron chi connectivity index (χ0n) is 13.1. The Labute approximate surface area is 137 Å². The summed E-state index contributed by atoms with van der Waals surface area (Å²) in [7, 11) is 0. The molecule has 1 aromatic rings. The van der Waals surface area contributed by atoms with Gasteiger partial charge in [-0.15, -0.1) is 23.7 Å². The van der Waals surface area contributed by atoms with Crippen LogP contribution >= 0.6 is 23.7 Å². The molecule has 0 radical (unpaired) electrons. The van der Waals surface area contributed by atoms with Gasteiger partial charge in [-0.3, -0.25) is 9.69 Å². The highest BCUT2D eigenvalue weighted by Gasteiger charge is 2.25. The number of carbonyl (C=O) groups excluding carboxylic acids is 1. The first-order valence-electron chi connectivity index (χ1n) is 7.55. The number of hydrogen-bond acceptors (Lipinski definition) is 4. The molecule has 120 valence electrons. The molecule has 0 saturated carbocycles. The number of nitrogens with zero attached hydrogens (tertiary/aromatic N) is 2. The Balaban J connectivity index is 0.00000220. The van der Waals surface area contributed by atoms with Crippen LogP contribution in [0.2, 0.25) is 0 Å². The van der Waals surface area contributed by atoms with Crippen LogP contribution in [0.25, 0.3) is 0 Å². The number of aromatic nitrogens is 1. The lowest BCUT2D eigenvalue weighted by Crippen LogP contribution is -2.35. The first-order chi connectivity index (χ1) is 9.61. The van der Waals surface area contributed by atoms with Crippen molar-refractivity contribution in [2.75, 3.05) is 24.5 Å². The van der Waals surface area contributed by atoms with Crippen LogP contribution < -0.4 is 10.2 Å². The molecule has 21 heavy (non-hydrogen) atoms.